The summed E-state index contributed by atoms with van der Waals surface area (Å²) < 4.78 is 131. The molecule has 1 aliphatic rings. The molecule has 0 bridgehead atoms. The monoisotopic (exact) mass is 732 g/mol. The topological polar surface area (TPSA) is 67.3 Å². The lowest BCUT2D eigenvalue weighted by Gasteiger charge is -2.34. The molecular weight excluding hydrogens is 691 g/mol. The van der Waals surface area contributed by atoms with E-state index in [0.29, 0.717) is 49.3 Å². The van der Waals surface area contributed by atoms with E-state index < -0.39 is 52.7 Å². The van der Waals surface area contributed by atoms with Crippen LogP contribution in [0.3, 0.4) is 0 Å². The highest BCUT2D eigenvalue weighted by Crippen LogP contribution is 2.44. The van der Waals surface area contributed by atoms with Gasteiger partial charge in [-0.1, -0.05) is 19.8 Å². The fourth-order valence-electron chi connectivity index (χ4n) is 6.44. The normalized spacial score (nSPS) is 15.5. The second kappa shape index (κ2) is 16.5. The number of rotatable bonds is 14. The zero-order chi connectivity index (χ0) is 37.6. The molecule has 1 saturated carbocycles. The van der Waals surface area contributed by atoms with Crippen LogP contribution in [0.1, 0.15) is 105 Å². The van der Waals surface area contributed by atoms with Crippen LogP contribution in [-0.4, -0.2) is 35.6 Å². The first kappa shape index (κ1) is 39.7. The molecule has 2 unspecified atom stereocenters. The van der Waals surface area contributed by atoms with Crippen molar-refractivity contribution in [1.29, 1.82) is 0 Å². The lowest BCUT2D eigenvalue weighted by atomic mass is 9.85. The summed E-state index contributed by atoms with van der Waals surface area (Å²) in [6.45, 7) is 6.00. The minimum absolute atomic E-state index is 0.0125. The molecule has 1 aromatic heterocycles. The molecule has 1 N–H and O–H groups in total. The molecule has 1 heterocycles. The summed E-state index contributed by atoms with van der Waals surface area (Å²) in [6, 6.07) is 2.99. The Hall–Kier alpha value is -4.04. The highest BCUT2D eigenvalue weighted by molar-refractivity contribution is 5.69. The van der Waals surface area contributed by atoms with Gasteiger partial charge in [0.1, 0.15) is 0 Å². The average Bonchev–Trinajstić information content (AvgIpc) is 3.58. The molecular formula is C36H41F9N4O2. The Kier molecular flexibility index (Phi) is 12.9. The predicted octanol–water partition coefficient (Wildman–Crippen LogP) is 10.4. The number of alkyl halides is 9. The van der Waals surface area contributed by atoms with Gasteiger partial charge in [0, 0.05) is 43.5 Å². The fourth-order valence-corrected chi connectivity index (χ4v) is 6.44. The van der Waals surface area contributed by atoms with Crippen molar-refractivity contribution >= 4 is 17.6 Å². The Labute approximate surface area is 290 Å². The molecule has 0 amide bonds. The van der Waals surface area contributed by atoms with Crippen molar-refractivity contribution in [1.82, 2.24) is 9.97 Å². The Morgan fingerprint density at radius 1 is 0.882 bits per heavy atom. The Bertz CT molecular complexity index is 1570. The minimum Gasteiger partial charge on any atom is -0.466 e. The van der Waals surface area contributed by atoms with Crippen LogP contribution >= 0.6 is 0 Å². The Morgan fingerprint density at radius 2 is 1.47 bits per heavy atom. The third kappa shape index (κ3) is 10.7. The van der Waals surface area contributed by atoms with Crippen LogP contribution in [0.5, 0.6) is 0 Å². The van der Waals surface area contributed by atoms with Gasteiger partial charge in [-0.3, -0.25) is 4.79 Å². The number of nitrogens with zero attached hydrogens (tertiary/aromatic N) is 3. The third-order valence-corrected chi connectivity index (χ3v) is 9.14. The number of aromatic nitrogens is 2. The first-order valence-corrected chi connectivity index (χ1v) is 16.9. The number of carbonyl (C=O) groups is 1. The van der Waals surface area contributed by atoms with Gasteiger partial charge < -0.3 is 15.0 Å². The summed E-state index contributed by atoms with van der Waals surface area (Å²) in [5.74, 6) is -1.47. The van der Waals surface area contributed by atoms with Gasteiger partial charge in [0.25, 0.3) is 0 Å². The zero-order valence-electron chi connectivity index (χ0n) is 28.5. The van der Waals surface area contributed by atoms with Crippen LogP contribution < -0.4 is 10.2 Å². The van der Waals surface area contributed by atoms with Crippen LogP contribution in [0.4, 0.5) is 51.1 Å². The van der Waals surface area contributed by atoms with E-state index in [4.69, 9.17) is 4.74 Å². The molecule has 0 saturated heterocycles. The van der Waals surface area contributed by atoms with E-state index in [-0.39, 0.29) is 42.5 Å². The molecule has 15 heteroatoms. The van der Waals surface area contributed by atoms with Gasteiger partial charge in [-0.2, -0.15) is 39.5 Å². The van der Waals surface area contributed by atoms with E-state index in [2.05, 4.69) is 15.3 Å². The number of hydrogen-bond donors (Lipinski definition) is 1. The molecule has 2 atom stereocenters. The highest BCUT2D eigenvalue weighted by Gasteiger charge is 2.39. The van der Waals surface area contributed by atoms with Crippen molar-refractivity contribution in [2.24, 2.45) is 5.92 Å². The summed E-state index contributed by atoms with van der Waals surface area (Å²) >= 11 is 0. The van der Waals surface area contributed by atoms with Crippen molar-refractivity contribution < 1.29 is 49.0 Å². The summed E-state index contributed by atoms with van der Waals surface area (Å²) in [6.07, 6.45) is -7.36. The second-order valence-corrected chi connectivity index (χ2v) is 12.8. The number of esters is 1. The summed E-state index contributed by atoms with van der Waals surface area (Å²) in [5, 5.41) is 2.97. The van der Waals surface area contributed by atoms with Crippen molar-refractivity contribution in [2.75, 3.05) is 29.9 Å². The van der Waals surface area contributed by atoms with Crippen LogP contribution in [0.15, 0.2) is 48.8 Å². The number of ether oxygens (including phenoxy) is 1. The smallest absolute Gasteiger partial charge is 0.416 e. The van der Waals surface area contributed by atoms with Gasteiger partial charge in [-0.05, 0) is 98.5 Å². The van der Waals surface area contributed by atoms with E-state index in [1.54, 1.807) is 6.92 Å². The summed E-state index contributed by atoms with van der Waals surface area (Å²) in [5.41, 5.74) is -3.51. The van der Waals surface area contributed by atoms with Gasteiger partial charge in [-0.15, -0.1) is 0 Å². The van der Waals surface area contributed by atoms with Crippen molar-refractivity contribution in [3.63, 3.8) is 0 Å². The third-order valence-electron chi connectivity index (χ3n) is 9.14. The largest absolute Gasteiger partial charge is 0.466 e. The van der Waals surface area contributed by atoms with Gasteiger partial charge in [0.05, 0.1) is 29.3 Å². The van der Waals surface area contributed by atoms with E-state index >= 15 is 0 Å². The van der Waals surface area contributed by atoms with Gasteiger partial charge in [0.15, 0.2) is 0 Å². The van der Waals surface area contributed by atoms with Crippen LogP contribution in [0.25, 0.3) is 0 Å². The molecule has 4 rings (SSSR count). The number of hydrogen-bond acceptors (Lipinski definition) is 6. The van der Waals surface area contributed by atoms with Gasteiger partial charge >= 0.3 is 24.5 Å². The molecule has 0 aliphatic heterocycles. The number of anilines is 2. The van der Waals surface area contributed by atoms with Gasteiger partial charge in [0.2, 0.25) is 5.95 Å². The quantitative estimate of drug-likeness (QED) is 0.132. The standard InChI is InChI=1S/C36H41F9N4O2/c1-4-49(21-23-9-6-7-10-23)30-14-13-26(34(37,38)39)18-29(30)32(48-33-46-19-24(20-47-33)11-8-12-31(50)51-5-2)22(3)25-15-27(35(40,41)42)17-28(16-25)36(43,44)45/h13-20,22-23,32H,4-12,21H2,1-3H3,(H,46,47,48). The van der Waals surface area contributed by atoms with E-state index in [1.165, 1.54) is 25.4 Å². The summed E-state index contributed by atoms with van der Waals surface area (Å²) in [4.78, 5) is 22.2. The zero-order valence-corrected chi connectivity index (χ0v) is 28.5. The first-order valence-electron chi connectivity index (χ1n) is 16.9. The second-order valence-electron chi connectivity index (χ2n) is 12.8. The number of halogens is 9. The molecule has 3 aromatic rings. The SMILES string of the molecule is CCOC(=O)CCCc1cnc(NC(c2cc(C(F)(F)F)ccc2N(CC)CC2CCCC2)C(C)c2cc(C(F)(F)F)cc(C(F)(F)F)c2)nc1. The first-order chi connectivity index (χ1) is 23.9. The Morgan fingerprint density at radius 3 is 2.00 bits per heavy atom. The number of nitrogens with one attached hydrogen (secondary N) is 1. The molecule has 280 valence electrons. The molecule has 2 aromatic carbocycles. The maximum Gasteiger partial charge on any atom is 0.416 e. The van der Waals surface area contributed by atoms with Crippen LogP contribution in [-0.2, 0) is 34.5 Å². The van der Waals surface area contributed by atoms with Crippen LogP contribution in [0, 0.1) is 5.92 Å². The molecule has 1 fully saturated rings. The molecule has 6 nitrogen and oxygen atoms in total. The molecule has 0 radical (unpaired) electrons. The van der Waals surface area contributed by atoms with Crippen molar-refractivity contribution in [3.8, 4) is 0 Å². The maximum atomic E-state index is 14.2. The number of benzene rings is 2. The Balaban J connectivity index is 1.83. The van der Waals surface area contributed by atoms with Crippen LogP contribution in [0.2, 0.25) is 0 Å². The molecule has 1 aliphatic carbocycles. The van der Waals surface area contributed by atoms with E-state index in [9.17, 15) is 44.3 Å². The van der Waals surface area contributed by atoms with E-state index in [0.717, 1.165) is 37.8 Å². The van der Waals surface area contributed by atoms with Crippen molar-refractivity contribution in [3.05, 3.63) is 82.2 Å². The molecule has 0 spiro atoms. The highest BCUT2D eigenvalue weighted by atomic mass is 19.4. The average molecular weight is 733 g/mol. The fraction of sp³-hybridized carbons (Fsp3) is 0.528. The lowest BCUT2D eigenvalue weighted by Crippen LogP contribution is -2.31. The summed E-state index contributed by atoms with van der Waals surface area (Å²) in [7, 11) is 0. The number of aryl methyl sites for hydroxylation is 1. The van der Waals surface area contributed by atoms with Gasteiger partial charge in [-0.25, -0.2) is 9.97 Å². The predicted molar refractivity (Wildman–Crippen MR) is 174 cm³/mol. The minimum atomic E-state index is -5.13. The lowest BCUT2D eigenvalue weighted by molar-refractivity contribution is -0.144. The van der Waals surface area contributed by atoms with E-state index in [1.807, 2.05) is 11.8 Å². The maximum absolute atomic E-state index is 14.2. The number of carbonyl (C=O) groups excluding carboxylic acids is 1. The molecule has 51 heavy (non-hydrogen) atoms. The van der Waals surface area contributed by atoms with Crippen molar-refractivity contribution in [2.45, 2.75) is 96.2 Å².